The minimum Gasteiger partial charge on any atom is -0.355 e. The number of amides is 2. The second kappa shape index (κ2) is 7.73. The van der Waals surface area contributed by atoms with Crippen LogP contribution >= 0.6 is 0 Å². The Morgan fingerprint density at radius 1 is 1.04 bits per heavy atom. The maximum Gasteiger partial charge on any atom is 0.242 e. The summed E-state index contributed by atoms with van der Waals surface area (Å²) in [4.78, 5) is 27.4. The molecule has 2 aromatic carbocycles. The molecular formula is C22H26N2O2. The monoisotopic (exact) mass is 350 g/mol. The Bertz CT molecular complexity index is 784. The number of nitrogens with zero attached hydrogens (tertiary/aromatic N) is 1. The van der Waals surface area contributed by atoms with Crippen LogP contribution in [0.15, 0.2) is 54.6 Å². The fourth-order valence-corrected chi connectivity index (χ4v) is 3.34. The highest BCUT2D eigenvalue weighted by molar-refractivity contribution is 6.11. The Morgan fingerprint density at radius 3 is 2.50 bits per heavy atom. The van der Waals surface area contributed by atoms with Gasteiger partial charge in [-0.1, -0.05) is 48.5 Å². The Kier molecular flexibility index (Phi) is 5.40. The molecule has 0 unspecified atom stereocenters. The molecular weight excluding hydrogens is 324 g/mol. The fourth-order valence-electron chi connectivity index (χ4n) is 3.34. The third kappa shape index (κ3) is 3.79. The number of aryl methyl sites for hydroxylation is 1. The van der Waals surface area contributed by atoms with E-state index in [1.54, 1.807) is 18.7 Å². The quantitative estimate of drug-likeness (QED) is 0.642. The summed E-state index contributed by atoms with van der Waals surface area (Å²) in [5.74, 6) is -0.344. The van der Waals surface area contributed by atoms with E-state index in [4.69, 9.17) is 0 Å². The van der Waals surface area contributed by atoms with E-state index in [9.17, 15) is 9.59 Å². The lowest BCUT2D eigenvalue weighted by molar-refractivity contribution is -0.139. The molecule has 0 radical (unpaired) electrons. The van der Waals surface area contributed by atoms with Crippen LogP contribution < -0.4 is 10.2 Å². The predicted molar refractivity (Wildman–Crippen MR) is 104 cm³/mol. The van der Waals surface area contributed by atoms with E-state index in [2.05, 4.69) is 17.4 Å². The molecule has 136 valence electrons. The first-order valence-corrected chi connectivity index (χ1v) is 9.22. The summed E-state index contributed by atoms with van der Waals surface area (Å²) >= 11 is 0. The molecule has 3 rings (SSSR count). The number of nitrogens with one attached hydrogen (secondary N) is 1. The van der Waals surface area contributed by atoms with Crippen molar-refractivity contribution in [2.75, 3.05) is 18.0 Å². The van der Waals surface area contributed by atoms with Crippen molar-refractivity contribution in [2.45, 2.75) is 33.1 Å². The van der Waals surface area contributed by atoms with Gasteiger partial charge < -0.3 is 10.2 Å². The normalized spacial score (nSPS) is 13.4. The Hall–Kier alpha value is -2.62. The van der Waals surface area contributed by atoms with Crippen LogP contribution in [0.4, 0.5) is 5.69 Å². The van der Waals surface area contributed by atoms with Crippen LogP contribution in [0, 0.1) is 5.41 Å². The van der Waals surface area contributed by atoms with Crippen molar-refractivity contribution >= 4 is 17.5 Å². The van der Waals surface area contributed by atoms with Gasteiger partial charge in [-0.25, -0.2) is 0 Å². The highest BCUT2D eigenvalue weighted by Crippen LogP contribution is 2.31. The standard InChI is InChI=1S/C22H26N2O2/c1-22(2,20(25)23-15-8-11-17-9-4-3-5-10-17)21(26)24-16-14-18-12-6-7-13-19(18)24/h3-7,9-10,12-13H,8,11,14-16H2,1-2H3,(H,23,25). The second-order valence-electron chi connectivity index (χ2n) is 7.31. The van der Waals surface area contributed by atoms with E-state index in [-0.39, 0.29) is 11.8 Å². The zero-order valence-electron chi connectivity index (χ0n) is 15.5. The van der Waals surface area contributed by atoms with Gasteiger partial charge in [0.25, 0.3) is 0 Å². The third-order valence-corrected chi connectivity index (χ3v) is 5.01. The van der Waals surface area contributed by atoms with Gasteiger partial charge in [-0.05, 0) is 50.3 Å². The van der Waals surface area contributed by atoms with Crippen molar-refractivity contribution in [3.63, 3.8) is 0 Å². The van der Waals surface area contributed by atoms with Crippen LogP contribution in [0.25, 0.3) is 0 Å². The van der Waals surface area contributed by atoms with Crippen molar-refractivity contribution in [2.24, 2.45) is 5.41 Å². The number of anilines is 1. The topological polar surface area (TPSA) is 49.4 Å². The van der Waals surface area contributed by atoms with Crippen LogP contribution in [0.2, 0.25) is 0 Å². The first kappa shape index (κ1) is 18.2. The number of hydrogen-bond acceptors (Lipinski definition) is 2. The third-order valence-electron chi connectivity index (χ3n) is 5.01. The molecule has 0 saturated carbocycles. The summed E-state index contributed by atoms with van der Waals surface area (Å²) in [7, 11) is 0. The van der Waals surface area contributed by atoms with E-state index >= 15 is 0 Å². The Morgan fingerprint density at radius 2 is 1.73 bits per heavy atom. The molecule has 0 atom stereocenters. The summed E-state index contributed by atoms with van der Waals surface area (Å²) in [6.07, 6.45) is 2.61. The van der Waals surface area contributed by atoms with Crippen LogP contribution in [0.1, 0.15) is 31.4 Å². The van der Waals surface area contributed by atoms with Gasteiger partial charge in [0, 0.05) is 18.8 Å². The minimum atomic E-state index is -1.08. The van der Waals surface area contributed by atoms with Crippen molar-refractivity contribution in [1.82, 2.24) is 5.32 Å². The first-order valence-electron chi connectivity index (χ1n) is 9.22. The molecule has 0 spiro atoms. The van der Waals surface area contributed by atoms with Gasteiger partial charge in [0.05, 0.1) is 0 Å². The van der Waals surface area contributed by atoms with Gasteiger partial charge in [0.2, 0.25) is 11.8 Å². The largest absolute Gasteiger partial charge is 0.355 e. The summed E-state index contributed by atoms with van der Waals surface area (Å²) in [6, 6.07) is 18.1. The maximum atomic E-state index is 13.0. The van der Waals surface area contributed by atoms with Crippen LogP contribution in [0.3, 0.4) is 0 Å². The molecule has 2 aromatic rings. The molecule has 26 heavy (non-hydrogen) atoms. The molecule has 1 N–H and O–H groups in total. The highest BCUT2D eigenvalue weighted by Gasteiger charge is 2.41. The molecule has 4 nitrogen and oxygen atoms in total. The zero-order chi connectivity index (χ0) is 18.6. The minimum absolute atomic E-state index is 0.136. The highest BCUT2D eigenvalue weighted by atomic mass is 16.2. The smallest absolute Gasteiger partial charge is 0.242 e. The molecule has 1 aliphatic heterocycles. The molecule has 0 aromatic heterocycles. The Balaban J connectivity index is 1.55. The first-order chi connectivity index (χ1) is 12.5. The average molecular weight is 350 g/mol. The molecule has 0 bridgehead atoms. The molecule has 1 heterocycles. The Labute approximate surface area is 155 Å². The predicted octanol–water partition coefficient (Wildman–Crippen LogP) is 3.35. The summed E-state index contributed by atoms with van der Waals surface area (Å²) in [5, 5.41) is 2.94. The SMILES string of the molecule is CC(C)(C(=O)NCCCc1ccccc1)C(=O)N1CCc2ccccc21. The molecule has 2 amide bonds. The van der Waals surface area contributed by atoms with E-state index in [0.717, 1.165) is 24.9 Å². The molecule has 0 fully saturated rings. The van der Waals surface area contributed by atoms with E-state index in [1.165, 1.54) is 11.1 Å². The van der Waals surface area contributed by atoms with Gasteiger partial charge in [-0.3, -0.25) is 9.59 Å². The van der Waals surface area contributed by atoms with E-state index < -0.39 is 5.41 Å². The lowest BCUT2D eigenvalue weighted by atomic mass is 9.90. The van der Waals surface area contributed by atoms with Gasteiger partial charge in [-0.15, -0.1) is 0 Å². The molecule has 0 saturated heterocycles. The van der Waals surface area contributed by atoms with Crippen LogP contribution in [-0.2, 0) is 22.4 Å². The number of para-hydroxylation sites is 1. The number of benzene rings is 2. The number of carbonyl (C=O) groups is 2. The number of fused-ring (bicyclic) bond motifs is 1. The van der Waals surface area contributed by atoms with Gasteiger partial charge in [0.1, 0.15) is 5.41 Å². The number of carbonyl (C=O) groups excluding carboxylic acids is 2. The van der Waals surface area contributed by atoms with Gasteiger partial charge >= 0.3 is 0 Å². The lowest BCUT2D eigenvalue weighted by Crippen LogP contribution is -2.49. The van der Waals surface area contributed by atoms with Crippen LogP contribution in [0.5, 0.6) is 0 Å². The van der Waals surface area contributed by atoms with Crippen molar-refractivity contribution < 1.29 is 9.59 Å². The van der Waals surface area contributed by atoms with Crippen LogP contribution in [-0.4, -0.2) is 24.9 Å². The second-order valence-corrected chi connectivity index (χ2v) is 7.31. The maximum absolute atomic E-state index is 13.0. The fraction of sp³-hybridized carbons (Fsp3) is 0.364. The molecule has 4 heteroatoms. The summed E-state index contributed by atoms with van der Waals surface area (Å²) in [6.45, 7) is 4.63. The van der Waals surface area contributed by atoms with E-state index in [0.29, 0.717) is 13.1 Å². The van der Waals surface area contributed by atoms with Crippen molar-refractivity contribution in [3.05, 3.63) is 65.7 Å². The number of rotatable bonds is 6. The van der Waals surface area contributed by atoms with E-state index in [1.807, 2.05) is 42.5 Å². The van der Waals surface area contributed by atoms with Crippen molar-refractivity contribution in [3.8, 4) is 0 Å². The summed E-state index contributed by atoms with van der Waals surface area (Å²) in [5.41, 5.74) is 2.28. The average Bonchev–Trinajstić information content (AvgIpc) is 3.09. The van der Waals surface area contributed by atoms with Gasteiger partial charge in [0.15, 0.2) is 0 Å². The number of hydrogen-bond donors (Lipinski definition) is 1. The summed E-state index contributed by atoms with van der Waals surface area (Å²) < 4.78 is 0. The zero-order valence-corrected chi connectivity index (χ0v) is 15.5. The van der Waals surface area contributed by atoms with Crippen molar-refractivity contribution in [1.29, 1.82) is 0 Å². The lowest BCUT2D eigenvalue weighted by Gasteiger charge is -2.28. The molecule has 0 aliphatic carbocycles. The van der Waals surface area contributed by atoms with Gasteiger partial charge in [-0.2, -0.15) is 0 Å². The molecule has 1 aliphatic rings.